The predicted octanol–water partition coefficient (Wildman–Crippen LogP) is 8.74. The van der Waals surface area contributed by atoms with Crippen molar-refractivity contribution in [2.24, 2.45) is 0 Å². The second-order valence-electron chi connectivity index (χ2n) is 12.1. The molecular formula is C36H34BBrN2O6. The first-order chi connectivity index (χ1) is 21.9. The van der Waals surface area contributed by atoms with E-state index < -0.39 is 4.92 Å². The third-order valence-corrected chi connectivity index (χ3v) is 9.29. The van der Waals surface area contributed by atoms with Crippen LogP contribution in [0.15, 0.2) is 102 Å². The summed E-state index contributed by atoms with van der Waals surface area (Å²) < 4.78 is 12.8. The molecule has 8 nitrogen and oxygen atoms in total. The van der Waals surface area contributed by atoms with E-state index in [1.54, 1.807) is 36.4 Å². The molecule has 1 saturated heterocycles. The molecule has 0 atom stereocenters. The van der Waals surface area contributed by atoms with E-state index in [2.05, 4.69) is 86.1 Å². The maximum Gasteiger partial charge on any atom is 0.495 e. The Labute approximate surface area is 277 Å². The fraction of sp³-hybridized carbons (Fsp3) is 0.222. The molecule has 0 saturated carbocycles. The molecule has 0 aromatic heterocycles. The van der Waals surface area contributed by atoms with Crippen molar-refractivity contribution in [3.63, 3.8) is 0 Å². The molecule has 1 aliphatic heterocycles. The van der Waals surface area contributed by atoms with Crippen LogP contribution in [0.25, 0.3) is 23.3 Å². The van der Waals surface area contributed by atoms with Gasteiger partial charge in [0.1, 0.15) is 0 Å². The Hall–Kier alpha value is -4.38. The number of nitro groups is 2. The molecule has 0 spiro atoms. The number of rotatable bonds is 4. The van der Waals surface area contributed by atoms with Crippen LogP contribution in [0.2, 0.25) is 0 Å². The lowest BCUT2D eigenvalue weighted by molar-refractivity contribution is -0.385. The molecule has 2 aliphatic carbocycles. The summed E-state index contributed by atoms with van der Waals surface area (Å²) in [6.45, 7) is 8.36. The first-order valence-electron chi connectivity index (χ1n) is 14.9. The summed E-state index contributed by atoms with van der Waals surface area (Å²) in [4.78, 5) is 20.5. The number of allylic oxidation sites excluding steroid dienone is 2. The van der Waals surface area contributed by atoms with E-state index >= 15 is 0 Å². The molecule has 234 valence electrons. The zero-order valence-corrected chi connectivity index (χ0v) is 27.7. The van der Waals surface area contributed by atoms with Gasteiger partial charge in [-0.05, 0) is 102 Å². The molecule has 10 heteroatoms. The maximum absolute atomic E-state index is 11.1. The second-order valence-corrected chi connectivity index (χ2v) is 12.9. The Morgan fingerprint density at radius 3 is 1.74 bits per heavy atom. The molecule has 7 rings (SSSR count). The summed E-state index contributed by atoms with van der Waals surface area (Å²) in [7, 11) is -0.257. The van der Waals surface area contributed by atoms with Gasteiger partial charge >= 0.3 is 7.12 Å². The monoisotopic (exact) mass is 680 g/mol. The summed E-state index contributed by atoms with van der Waals surface area (Å²) in [5.41, 5.74) is 7.45. The molecule has 1 heterocycles. The molecule has 46 heavy (non-hydrogen) atoms. The van der Waals surface area contributed by atoms with Crippen LogP contribution in [0, 0.1) is 20.2 Å². The van der Waals surface area contributed by atoms with Crippen LogP contribution in [-0.4, -0.2) is 28.2 Å². The number of hydrogen-bond donors (Lipinski definition) is 0. The third-order valence-electron chi connectivity index (χ3n) is 8.62. The molecule has 4 aromatic rings. The lowest BCUT2D eigenvalue weighted by atomic mass is 9.75. The van der Waals surface area contributed by atoms with Gasteiger partial charge < -0.3 is 9.31 Å². The van der Waals surface area contributed by atoms with E-state index in [9.17, 15) is 20.2 Å². The zero-order chi connectivity index (χ0) is 33.1. The van der Waals surface area contributed by atoms with Crippen LogP contribution in [0.3, 0.4) is 0 Å². The van der Waals surface area contributed by atoms with Crippen molar-refractivity contribution in [1.82, 2.24) is 0 Å². The number of hydrogen-bond acceptors (Lipinski definition) is 6. The minimum absolute atomic E-state index is 0.0995. The van der Waals surface area contributed by atoms with Gasteiger partial charge in [-0.15, -0.1) is 0 Å². The number of benzene rings is 4. The van der Waals surface area contributed by atoms with E-state index in [0.717, 1.165) is 29.4 Å². The van der Waals surface area contributed by atoms with Crippen molar-refractivity contribution in [3.8, 4) is 11.1 Å². The lowest BCUT2D eigenvalue weighted by Crippen LogP contribution is -2.41. The average molecular weight is 681 g/mol. The highest BCUT2D eigenvalue weighted by Gasteiger charge is 2.52. The topological polar surface area (TPSA) is 105 Å². The predicted molar refractivity (Wildman–Crippen MR) is 187 cm³/mol. The van der Waals surface area contributed by atoms with Crippen LogP contribution in [0.4, 0.5) is 11.4 Å². The van der Waals surface area contributed by atoms with Gasteiger partial charge in [0, 0.05) is 12.1 Å². The van der Waals surface area contributed by atoms with E-state index in [1.165, 1.54) is 22.8 Å². The minimum atomic E-state index is -0.427. The minimum Gasteiger partial charge on any atom is -0.399 e. The molecule has 3 aliphatic rings. The zero-order valence-electron chi connectivity index (χ0n) is 26.1. The van der Waals surface area contributed by atoms with E-state index in [4.69, 9.17) is 9.31 Å². The van der Waals surface area contributed by atoms with Crippen molar-refractivity contribution in [3.05, 3.63) is 144 Å². The highest BCUT2D eigenvalue weighted by Crippen LogP contribution is 2.38. The average Bonchev–Trinajstić information content (AvgIpc) is 3.75. The van der Waals surface area contributed by atoms with Crippen LogP contribution in [-0.2, 0) is 22.2 Å². The largest absolute Gasteiger partial charge is 0.495 e. The Morgan fingerprint density at radius 2 is 1.15 bits per heavy atom. The fourth-order valence-electron chi connectivity index (χ4n) is 5.48. The highest BCUT2D eigenvalue weighted by molar-refractivity contribution is 9.10. The summed E-state index contributed by atoms with van der Waals surface area (Å²) in [5.74, 6) is 0. The molecule has 0 N–H and O–H groups in total. The van der Waals surface area contributed by atoms with E-state index in [1.807, 2.05) is 24.3 Å². The molecular weight excluding hydrogens is 647 g/mol. The Balaban J connectivity index is 0.000000142. The molecule has 1 fully saturated rings. The summed E-state index contributed by atoms with van der Waals surface area (Å²) in [5, 5.41) is 21.3. The smallest absolute Gasteiger partial charge is 0.399 e. The van der Waals surface area contributed by atoms with E-state index in [-0.39, 0.29) is 34.6 Å². The highest BCUT2D eigenvalue weighted by atomic mass is 79.9. The third kappa shape index (κ3) is 6.89. The molecule has 4 aromatic carbocycles. The Bertz CT molecular complexity index is 1840. The quantitative estimate of drug-likeness (QED) is 0.121. The number of halogens is 1. The maximum atomic E-state index is 11.1. The second kappa shape index (κ2) is 13.5. The normalized spacial score (nSPS) is 16.1. The Morgan fingerprint density at radius 1 is 0.652 bits per heavy atom. The molecule has 0 unspecified atom stereocenters. The van der Waals surface area contributed by atoms with Crippen LogP contribution >= 0.6 is 15.9 Å². The first kappa shape index (κ1) is 33.0. The van der Waals surface area contributed by atoms with Gasteiger partial charge in [0.25, 0.3) is 11.4 Å². The van der Waals surface area contributed by atoms with Gasteiger partial charge in [-0.3, -0.25) is 20.2 Å². The lowest BCUT2D eigenvalue weighted by Gasteiger charge is -2.32. The molecule has 0 bridgehead atoms. The van der Waals surface area contributed by atoms with Crippen LogP contribution < -0.4 is 5.46 Å². The summed E-state index contributed by atoms with van der Waals surface area (Å²) >= 11 is 3.06. The standard InChI is InChI=1S/C15H19BO2.C15H11NO2.C6H4BrNO2/c1-14(2)15(3,4)18-16(17-14)13-10-6-8-11-7-5-9-12(11)13;17-16(18)15-10-2-1-7-14(15)13-9-4-6-11-5-3-8-12(11)13;7-5-3-1-2-4-6(5)8(9)10/h5-6,8-10H,7H2,1-4H3;1-4,6-10H,5H2;1-4H. The van der Waals surface area contributed by atoms with Crippen LogP contribution in [0.5, 0.6) is 0 Å². The number of para-hydroxylation sites is 2. The fourth-order valence-corrected chi connectivity index (χ4v) is 5.91. The van der Waals surface area contributed by atoms with Crippen molar-refractivity contribution < 1.29 is 19.2 Å². The van der Waals surface area contributed by atoms with Gasteiger partial charge in [0.2, 0.25) is 0 Å². The molecule has 0 radical (unpaired) electrons. The first-order valence-corrected chi connectivity index (χ1v) is 15.7. The number of fused-ring (bicyclic) bond motifs is 2. The molecule has 0 amide bonds. The van der Waals surface area contributed by atoms with Crippen molar-refractivity contribution in [1.29, 1.82) is 0 Å². The summed E-state index contributed by atoms with van der Waals surface area (Å²) in [6, 6.07) is 25.7. The van der Waals surface area contributed by atoms with Gasteiger partial charge in [0.15, 0.2) is 0 Å². The van der Waals surface area contributed by atoms with Crippen molar-refractivity contribution in [2.45, 2.75) is 51.7 Å². The number of nitro benzene ring substituents is 2. The Kier molecular flexibility index (Phi) is 9.72. The van der Waals surface area contributed by atoms with Gasteiger partial charge in [0.05, 0.1) is 31.1 Å². The van der Waals surface area contributed by atoms with Gasteiger partial charge in [-0.1, -0.05) is 85.0 Å². The van der Waals surface area contributed by atoms with Crippen molar-refractivity contribution >= 4 is 52.0 Å². The van der Waals surface area contributed by atoms with Crippen molar-refractivity contribution in [2.75, 3.05) is 0 Å². The summed E-state index contributed by atoms with van der Waals surface area (Å²) in [6.07, 6.45) is 10.4. The van der Waals surface area contributed by atoms with Crippen LogP contribution in [0.1, 0.15) is 49.9 Å². The van der Waals surface area contributed by atoms with Gasteiger partial charge in [-0.2, -0.15) is 0 Å². The number of nitrogens with zero attached hydrogens (tertiary/aromatic N) is 2. The SMILES string of the molecule is CC1(C)OB(c2cccc3c2C=CC3)OC1(C)C.O=[N+]([O-])c1ccccc1-c1cccc2c1C=CC2.O=[N+]([O-])c1ccccc1Br. The van der Waals surface area contributed by atoms with Gasteiger partial charge in [-0.25, -0.2) is 0 Å². The van der Waals surface area contributed by atoms with E-state index in [0.29, 0.717) is 10.0 Å².